The van der Waals surface area contributed by atoms with Gasteiger partial charge >= 0.3 is 12.2 Å². The lowest BCUT2D eigenvalue weighted by Crippen LogP contribution is -2.43. The van der Waals surface area contributed by atoms with Gasteiger partial charge in [0.05, 0.1) is 17.3 Å². The minimum absolute atomic E-state index is 0.197. The van der Waals surface area contributed by atoms with Gasteiger partial charge in [-0.05, 0) is 31.2 Å². The standard InChI is InChI=1S/C16H16F3N3O/c1-11-14-7-4-8-21(14)9-10-22(11)15(23)20-13-6-3-2-5-12(13)16(17,18)19/h2-8,11H,9-10H2,1H3,(H,20,23)/t11-/m1/s1. The zero-order valence-electron chi connectivity index (χ0n) is 12.5. The number of alkyl halides is 3. The highest BCUT2D eigenvalue weighted by Crippen LogP contribution is 2.35. The average Bonchev–Trinajstić information content (AvgIpc) is 2.96. The number of urea groups is 1. The van der Waals surface area contributed by atoms with Gasteiger partial charge in [-0.2, -0.15) is 13.2 Å². The third-order valence-corrected chi connectivity index (χ3v) is 4.08. The summed E-state index contributed by atoms with van der Waals surface area (Å²) in [4.78, 5) is 14.0. The van der Waals surface area contributed by atoms with Gasteiger partial charge in [0.25, 0.3) is 0 Å². The molecule has 1 N–H and O–H groups in total. The molecule has 23 heavy (non-hydrogen) atoms. The molecule has 1 aliphatic heterocycles. The highest BCUT2D eigenvalue weighted by atomic mass is 19.4. The third-order valence-electron chi connectivity index (χ3n) is 4.08. The number of halogens is 3. The molecule has 0 aliphatic carbocycles. The Kier molecular flexibility index (Phi) is 3.79. The Hall–Kier alpha value is -2.44. The first-order valence-electron chi connectivity index (χ1n) is 7.27. The van der Waals surface area contributed by atoms with Crippen LogP contribution in [-0.4, -0.2) is 22.0 Å². The fourth-order valence-electron chi connectivity index (χ4n) is 2.88. The van der Waals surface area contributed by atoms with Crippen LogP contribution in [0.1, 0.15) is 24.2 Å². The number of hydrogen-bond acceptors (Lipinski definition) is 1. The summed E-state index contributed by atoms with van der Waals surface area (Å²) in [7, 11) is 0. The Balaban J connectivity index is 1.81. The van der Waals surface area contributed by atoms with Gasteiger partial charge in [-0.25, -0.2) is 4.79 Å². The predicted octanol–water partition coefficient (Wildman–Crippen LogP) is 4.12. The molecule has 0 spiro atoms. The van der Waals surface area contributed by atoms with Gasteiger partial charge in [0.1, 0.15) is 0 Å². The van der Waals surface area contributed by atoms with Gasteiger partial charge < -0.3 is 14.8 Å². The Labute approximate surface area is 131 Å². The van der Waals surface area contributed by atoms with Gasteiger partial charge in [0, 0.05) is 25.0 Å². The molecule has 2 aromatic rings. The van der Waals surface area contributed by atoms with Gasteiger partial charge in [-0.15, -0.1) is 0 Å². The first-order valence-corrected chi connectivity index (χ1v) is 7.27. The summed E-state index contributed by atoms with van der Waals surface area (Å²) >= 11 is 0. The largest absolute Gasteiger partial charge is 0.418 e. The number of amides is 2. The van der Waals surface area contributed by atoms with Crippen LogP contribution < -0.4 is 5.32 Å². The Morgan fingerprint density at radius 1 is 1.17 bits per heavy atom. The van der Waals surface area contributed by atoms with Crippen LogP contribution in [0.4, 0.5) is 23.7 Å². The van der Waals surface area contributed by atoms with Crippen LogP contribution in [0.15, 0.2) is 42.6 Å². The normalized spacial score (nSPS) is 17.7. The maximum Gasteiger partial charge on any atom is 0.418 e. The number of rotatable bonds is 1. The molecular weight excluding hydrogens is 307 g/mol. The molecular formula is C16H16F3N3O. The van der Waals surface area contributed by atoms with E-state index in [0.717, 1.165) is 11.8 Å². The molecule has 2 heterocycles. The van der Waals surface area contributed by atoms with Gasteiger partial charge in [-0.1, -0.05) is 12.1 Å². The number of nitrogens with one attached hydrogen (secondary N) is 1. The molecule has 3 rings (SSSR count). The minimum atomic E-state index is -4.51. The topological polar surface area (TPSA) is 37.3 Å². The molecule has 0 radical (unpaired) electrons. The monoisotopic (exact) mass is 323 g/mol. The van der Waals surface area contributed by atoms with E-state index in [1.807, 2.05) is 29.8 Å². The summed E-state index contributed by atoms with van der Waals surface area (Å²) in [5, 5.41) is 2.40. The predicted molar refractivity (Wildman–Crippen MR) is 80.0 cm³/mol. The van der Waals surface area contributed by atoms with Crippen molar-refractivity contribution in [2.24, 2.45) is 0 Å². The van der Waals surface area contributed by atoms with E-state index in [0.29, 0.717) is 13.1 Å². The summed E-state index contributed by atoms with van der Waals surface area (Å²) in [5.74, 6) is 0. The lowest BCUT2D eigenvalue weighted by molar-refractivity contribution is -0.136. The highest BCUT2D eigenvalue weighted by Gasteiger charge is 2.34. The van der Waals surface area contributed by atoms with E-state index in [9.17, 15) is 18.0 Å². The van der Waals surface area contributed by atoms with E-state index < -0.39 is 17.8 Å². The smallest absolute Gasteiger partial charge is 0.348 e. The zero-order chi connectivity index (χ0) is 16.6. The van der Waals surface area contributed by atoms with Crippen molar-refractivity contribution in [2.75, 3.05) is 11.9 Å². The van der Waals surface area contributed by atoms with Gasteiger partial charge in [-0.3, -0.25) is 0 Å². The van der Waals surface area contributed by atoms with Crippen molar-refractivity contribution < 1.29 is 18.0 Å². The van der Waals surface area contributed by atoms with Crippen molar-refractivity contribution in [2.45, 2.75) is 25.7 Å². The highest BCUT2D eigenvalue weighted by molar-refractivity contribution is 5.90. The lowest BCUT2D eigenvalue weighted by atomic mass is 10.1. The Bertz CT molecular complexity index is 723. The lowest BCUT2D eigenvalue weighted by Gasteiger charge is -2.35. The van der Waals surface area contributed by atoms with Crippen molar-refractivity contribution in [3.05, 3.63) is 53.9 Å². The van der Waals surface area contributed by atoms with E-state index in [2.05, 4.69) is 5.32 Å². The molecule has 1 aromatic carbocycles. The van der Waals surface area contributed by atoms with E-state index in [1.165, 1.54) is 18.2 Å². The van der Waals surface area contributed by atoms with Crippen LogP contribution in [0.3, 0.4) is 0 Å². The second-order valence-corrected chi connectivity index (χ2v) is 5.47. The fourth-order valence-corrected chi connectivity index (χ4v) is 2.88. The van der Waals surface area contributed by atoms with Crippen molar-refractivity contribution in [3.63, 3.8) is 0 Å². The Morgan fingerprint density at radius 2 is 1.91 bits per heavy atom. The van der Waals surface area contributed by atoms with Crippen LogP contribution in [0.2, 0.25) is 0 Å². The fraction of sp³-hybridized carbons (Fsp3) is 0.312. The van der Waals surface area contributed by atoms with Crippen molar-refractivity contribution in [3.8, 4) is 0 Å². The Morgan fingerprint density at radius 3 is 2.65 bits per heavy atom. The molecule has 1 atom stereocenters. The molecule has 4 nitrogen and oxygen atoms in total. The van der Waals surface area contributed by atoms with E-state index in [1.54, 1.807) is 4.90 Å². The van der Waals surface area contributed by atoms with E-state index in [4.69, 9.17) is 0 Å². The first kappa shape index (κ1) is 15.5. The molecule has 1 aliphatic rings. The van der Waals surface area contributed by atoms with E-state index >= 15 is 0 Å². The molecule has 7 heteroatoms. The zero-order valence-corrected chi connectivity index (χ0v) is 12.5. The summed E-state index contributed by atoms with van der Waals surface area (Å²) in [6, 6.07) is 8.07. The van der Waals surface area contributed by atoms with Crippen molar-refractivity contribution in [1.82, 2.24) is 9.47 Å². The number of aromatic nitrogens is 1. The molecule has 2 amide bonds. The number of fused-ring (bicyclic) bond motifs is 1. The molecule has 1 aromatic heterocycles. The van der Waals surface area contributed by atoms with Crippen LogP contribution >= 0.6 is 0 Å². The number of carbonyl (C=O) groups is 1. The number of hydrogen-bond donors (Lipinski definition) is 1. The van der Waals surface area contributed by atoms with Gasteiger partial charge in [0.2, 0.25) is 0 Å². The molecule has 0 saturated heterocycles. The van der Waals surface area contributed by atoms with Crippen molar-refractivity contribution >= 4 is 11.7 Å². The summed E-state index contributed by atoms with van der Waals surface area (Å²) in [5.41, 5.74) is -0.102. The number of carbonyl (C=O) groups excluding carboxylic acids is 1. The summed E-state index contributed by atoms with van der Waals surface area (Å²) < 4.78 is 41.1. The average molecular weight is 323 g/mol. The molecule has 122 valence electrons. The molecule has 0 saturated carbocycles. The number of anilines is 1. The SMILES string of the molecule is C[C@@H]1c2cccn2CCN1C(=O)Nc1ccccc1C(F)(F)F. The quantitative estimate of drug-likeness (QED) is 0.842. The molecule has 0 unspecified atom stereocenters. The van der Waals surface area contributed by atoms with E-state index in [-0.39, 0.29) is 11.7 Å². The second-order valence-electron chi connectivity index (χ2n) is 5.47. The maximum absolute atomic E-state index is 13.0. The van der Waals surface area contributed by atoms with Crippen LogP contribution in [0.25, 0.3) is 0 Å². The third kappa shape index (κ3) is 2.91. The number of benzene rings is 1. The molecule has 0 fully saturated rings. The summed E-state index contributed by atoms with van der Waals surface area (Å²) in [6.45, 7) is 2.93. The minimum Gasteiger partial charge on any atom is -0.348 e. The maximum atomic E-state index is 13.0. The first-order chi connectivity index (χ1) is 10.9. The van der Waals surface area contributed by atoms with Gasteiger partial charge in [0.15, 0.2) is 0 Å². The van der Waals surface area contributed by atoms with Crippen molar-refractivity contribution in [1.29, 1.82) is 0 Å². The number of nitrogens with zero attached hydrogens (tertiary/aromatic N) is 2. The van der Waals surface area contributed by atoms with Crippen LogP contribution in [0.5, 0.6) is 0 Å². The molecule has 0 bridgehead atoms. The second kappa shape index (κ2) is 5.64. The van der Waals surface area contributed by atoms with Crippen LogP contribution in [-0.2, 0) is 12.7 Å². The van der Waals surface area contributed by atoms with Crippen LogP contribution in [0, 0.1) is 0 Å². The number of para-hydroxylation sites is 1. The summed E-state index contributed by atoms with van der Waals surface area (Å²) in [6.07, 6.45) is -2.58.